The van der Waals surface area contributed by atoms with Crippen LogP contribution >= 0.6 is 0 Å². The number of benzene rings is 1. The van der Waals surface area contributed by atoms with Crippen molar-refractivity contribution in [2.24, 2.45) is 5.73 Å². The highest BCUT2D eigenvalue weighted by Crippen LogP contribution is 2.35. The van der Waals surface area contributed by atoms with E-state index >= 15 is 0 Å². The lowest BCUT2D eigenvalue weighted by atomic mass is 9.90. The quantitative estimate of drug-likeness (QED) is 0.899. The highest BCUT2D eigenvalue weighted by molar-refractivity contribution is 5.44. The molecule has 1 saturated heterocycles. The number of likely N-dealkylation sites (tertiary alicyclic amines) is 1. The predicted octanol–water partition coefficient (Wildman–Crippen LogP) is 2.58. The van der Waals surface area contributed by atoms with Crippen LogP contribution in [0.5, 0.6) is 11.5 Å². The van der Waals surface area contributed by atoms with Gasteiger partial charge in [-0.05, 0) is 50.0 Å². The minimum absolute atomic E-state index is 0.188. The molecule has 0 bridgehead atoms. The summed E-state index contributed by atoms with van der Waals surface area (Å²) in [5.41, 5.74) is 7.61. The molecule has 4 nitrogen and oxygen atoms in total. The number of methoxy groups -OCH3 is 2. The molecule has 0 saturated carbocycles. The fourth-order valence-electron chi connectivity index (χ4n) is 3.13. The topological polar surface area (TPSA) is 47.7 Å². The van der Waals surface area contributed by atoms with Crippen molar-refractivity contribution in [1.82, 2.24) is 4.90 Å². The summed E-state index contributed by atoms with van der Waals surface area (Å²) in [7, 11) is 3.33. The number of hydrogen-bond acceptors (Lipinski definition) is 4. The second-order valence-electron chi connectivity index (χ2n) is 5.40. The van der Waals surface area contributed by atoms with E-state index in [-0.39, 0.29) is 12.1 Å². The second-order valence-corrected chi connectivity index (χ2v) is 5.40. The molecule has 0 radical (unpaired) electrons. The Balaban J connectivity index is 2.30. The van der Waals surface area contributed by atoms with Crippen LogP contribution < -0.4 is 15.2 Å². The average Bonchev–Trinajstić information content (AvgIpc) is 2.47. The van der Waals surface area contributed by atoms with Crippen LogP contribution in [0.4, 0.5) is 0 Å². The van der Waals surface area contributed by atoms with Crippen LogP contribution in [-0.2, 0) is 0 Å². The smallest absolute Gasteiger partial charge is 0.161 e. The minimum atomic E-state index is 0.188. The van der Waals surface area contributed by atoms with Gasteiger partial charge in [0.15, 0.2) is 11.5 Å². The van der Waals surface area contributed by atoms with Gasteiger partial charge in [-0.3, -0.25) is 4.90 Å². The van der Waals surface area contributed by atoms with Gasteiger partial charge in [-0.1, -0.05) is 13.0 Å². The summed E-state index contributed by atoms with van der Waals surface area (Å²) in [6.45, 7) is 4.43. The lowest BCUT2D eigenvalue weighted by Gasteiger charge is -2.40. The summed E-state index contributed by atoms with van der Waals surface area (Å²) < 4.78 is 10.7. The van der Waals surface area contributed by atoms with E-state index in [1.54, 1.807) is 14.2 Å². The number of piperidine rings is 1. The van der Waals surface area contributed by atoms with Gasteiger partial charge >= 0.3 is 0 Å². The van der Waals surface area contributed by atoms with Crippen LogP contribution in [0.2, 0.25) is 0 Å². The Morgan fingerprint density at radius 1 is 1.25 bits per heavy atom. The first kappa shape index (κ1) is 15.1. The molecule has 2 N–H and O–H groups in total. The zero-order chi connectivity index (χ0) is 14.5. The summed E-state index contributed by atoms with van der Waals surface area (Å²) >= 11 is 0. The van der Waals surface area contributed by atoms with Crippen LogP contribution in [0.25, 0.3) is 0 Å². The monoisotopic (exact) mass is 278 g/mol. The Labute approximate surface area is 121 Å². The van der Waals surface area contributed by atoms with Gasteiger partial charge in [-0.2, -0.15) is 0 Å². The van der Waals surface area contributed by atoms with Gasteiger partial charge in [-0.25, -0.2) is 0 Å². The van der Waals surface area contributed by atoms with Gasteiger partial charge in [0.25, 0.3) is 0 Å². The third-order valence-corrected chi connectivity index (χ3v) is 4.04. The highest BCUT2D eigenvalue weighted by atomic mass is 16.5. The molecular formula is C16H26N2O2. The summed E-state index contributed by atoms with van der Waals surface area (Å²) in [5.74, 6) is 1.54. The van der Waals surface area contributed by atoms with Crippen LogP contribution in [-0.4, -0.2) is 38.3 Å². The maximum absolute atomic E-state index is 6.38. The van der Waals surface area contributed by atoms with E-state index in [1.807, 2.05) is 6.07 Å². The Kier molecular flexibility index (Phi) is 5.26. The second kappa shape index (κ2) is 6.95. The maximum Gasteiger partial charge on any atom is 0.161 e. The molecular weight excluding hydrogens is 252 g/mol. The van der Waals surface area contributed by atoms with Crippen molar-refractivity contribution in [1.29, 1.82) is 0 Å². The molecule has 0 spiro atoms. The molecule has 20 heavy (non-hydrogen) atoms. The molecule has 1 aliphatic rings. The van der Waals surface area contributed by atoms with Gasteiger partial charge in [0, 0.05) is 6.04 Å². The predicted molar refractivity (Wildman–Crippen MR) is 81.4 cm³/mol. The summed E-state index contributed by atoms with van der Waals surface area (Å²) in [6.07, 6.45) is 3.42. The van der Waals surface area contributed by atoms with E-state index in [0.29, 0.717) is 0 Å². The molecule has 1 aliphatic heterocycles. The number of nitrogens with two attached hydrogens (primary N) is 1. The largest absolute Gasteiger partial charge is 0.493 e. The average molecular weight is 278 g/mol. The third kappa shape index (κ3) is 3.07. The Bertz CT molecular complexity index is 434. The van der Waals surface area contributed by atoms with E-state index in [0.717, 1.165) is 37.4 Å². The van der Waals surface area contributed by atoms with Crippen LogP contribution in [0, 0.1) is 0 Å². The summed E-state index contributed by atoms with van der Waals surface area (Å²) in [4.78, 5) is 2.50. The molecule has 0 aromatic heterocycles. The SMILES string of the molecule is CCCN1CCCC(N)C1c1ccc(OC)c(OC)c1. The zero-order valence-corrected chi connectivity index (χ0v) is 12.8. The van der Waals surface area contributed by atoms with Gasteiger partial charge < -0.3 is 15.2 Å². The standard InChI is InChI=1S/C16H26N2O2/c1-4-9-18-10-5-6-13(17)16(18)12-7-8-14(19-2)15(11-12)20-3/h7-8,11,13,16H,4-6,9-10,17H2,1-3H3. The normalized spacial score (nSPS) is 23.6. The third-order valence-electron chi connectivity index (χ3n) is 4.04. The molecule has 1 aromatic rings. The van der Waals surface area contributed by atoms with Gasteiger partial charge in [-0.15, -0.1) is 0 Å². The van der Waals surface area contributed by atoms with Crippen molar-refractivity contribution >= 4 is 0 Å². The minimum Gasteiger partial charge on any atom is -0.493 e. The highest BCUT2D eigenvalue weighted by Gasteiger charge is 2.30. The van der Waals surface area contributed by atoms with E-state index < -0.39 is 0 Å². The number of rotatable bonds is 5. The van der Waals surface area contributed by atoms with Gasteiger partial charge in [0.2, 0.25) is 0 Å². The van der Waals surface area contributed by atoms with Crippen molar-refractivity contribution in [3.63, 3.8) is 0 Å². The number of ether oxygens (including phenoxy) is 2. The van der Waals surface area contributed by atoms with Crippen LogP contribution in [0.1, 0.15) is 37.8 Å². The fraction of sp³-hybridized carbons (Fsp3) is 0.625. The molecule has 2 unspecified atom stereocenters. The first-order valence-corrected chi connectivity index (χ1v) is 7.42. The van der Waals surface area contributed by atoms with Gasteiger partial charge in [0.05, 0.1) is 20.3 Å². The van der Waals surface area contributed by atoms with Crippen molar-refractivity contribution < 1.29 is 9.47 Å². The first-order chi connectivity index (χ1) is 9.71. The molecule has 0 amide bonds. The number of hydrogen-bond donors (Lipinski definition) is 1. The van der Waals surface area contributed by atoms with E-state index in [2.05, 4.69) is 24.0 Å². The van der Waals surface area contributed by atoms with Gasteiger partial charge in [0.1, 0.15) is 0 Å². The maximum atomic E-state index is 6.38. The Morgan fingerprint density at radius 2 is 2.00 bits per heavy atom. The number of nitrogens with zero attached hydrogens (tertiary/aromatic N) is 1. The lowest BCUT2D eigenvalue weighted by Crippen LogP contribution is -2.46. The van der Waals surface area contributed by atoms with Crippen molar-refractivity contribution in [3.05, 3.63) is 23.8 Å². The molecule has 112 valence electrons. The molecule has 1 fully saturated rings. The molecule has 1 aromatic carbocycles. The molecule has 0 aliphatic carbocycles. The Morgan fingerprint density at radius 3 is 2.65 bits per heavy atom. The Hall–Kier alpha value is -1.26. The van der Waals surface area contributed by atoms with Crippen LogP contribution in [0.3, 0.4) is 0 Å². The van der Waals surface area contributed by atoms with E-state index in [9.17, 15) is 0 Å². The van der Waals surface area contributed by atoms with E-state index in [4.69, 9.17) is 15.2 Å². The lowest BCUT2D eigenvalue weighted by molar-refractivity contribution is 0.128. The zero-order valence-electron chi connectivity index (χ0n) is 12.8. The summed E-state index contributed by atoms with van der Waals surface area (Å²) in [5, 5.41) is 0. The van der Waals surface area contributed by atoms with Crippen molar-refractivity contribution in [2.45, 2.75) is 38.3 Å². The molecule has 1 heterocycles. The molecule has 2 atom stereocenters. The summed E-state index contributed by atoms with van der Waals surface area (Å²) in [6, 6.07) is 6.62. The fourth-order valence-corrected chi connectivity index (χ4v) is 3.13. The molecule has 4 heteroatoms. The first-order valence-electron chi connectivity index (χ1n) is 7.42. The van der Waals surface area contributed by atoms with Crippen molar-refractivity contribution in [3.8, 4) is 11.5 Å². The van der Waals surface area contributed by atoms with Crippen LogP contribution in [0.15, 0.2) is 18.2 Å². The molecule has 2 rings (SSSR count). The van der Waals surface area contributed by atoms with E-state index in [1.165, 1.54) is 12.0 Å². The van der Waals surface area contributed by atoms with Crippen molar-refractivity contribution in [2.75, 3.05) is 27.3 Å².